The maximum atomic E-state index is 13.2. The predicted molar refractivity (Wildman–Crippen MR) is 82.9 cm³/mol. The molecule has 2 saturated heterocycles. The van der Waals surface area contributed by atoms with Crippen LogP contribution in [-0.2, 0) is 11.2 Å². The summed E-state index contributed by atoms with van der Waals surface area (Å²) in [5, 5.41) is 6.79. The minimum Gasteiger partial charge on any atom is -0.349 e. The minimum atomic E-state index is -0.184. The maximum absolute atomic E-state index is 13.2. The SMILES string of the molecule is O=C(CC1CC2CCC(C1)N2)NC1CCc2cc(F)ccc21. The summed E-state index contributed by atoms with van der Waals surface area (Å²) in [6.45, 7) is 0. The van der Waals surface area contributed by atoms with Crippen molar-refractivity contribution in [1.82, 2.24) is 10.6 Å². The number of hydrogen-bond donors (Lipinski definition) is 2. The molecule has 1 aromatic carbocycles. The molecule has 3 atom stereocenters. The lowest BCUT2D eigenvalue weighted by atomic mass is 9.89. The molecule has 2 N–H and O–H groups in total. The standard InChI is InChI=1S/C18H23FN2O/c19-13-2-5-16-12(10-13)1-6-17(16)21-18(22)9-11-7-14-3-4-15(8-11)20-14/h2,5,10-11,14-15,17,20H,1,3-4,6-9H2,(H,21,22). The molecule has 118 valence electrons. The first-order valence-electron chi connectivity index (χ1n) is 8.51. The second-order valence-electron chi connectivity index (χ2n) is 7.18. The van der Waals surface area contributed by atoms with Crippen molar-refractivity contribution in [2.24, 2.45) is 5.92 Å². The van der Waals surface area contributed by atoms with Crippen molar-refractivity contribution in [3.63, 3.8) is 0 Å². The average Bonchev–Trinajstić information content (AvgIpc) is 3.02. The summed E-state index contributed by atoms with van der Waals surface area (Å²) in [6.07, 6.45) is 7.20. The summed E-state index contributed by atoms with van der Waals surface area (Å²) >= 11 is 0. The van der Waals surface area contributed by atoms with Crippen molar-refractivity contribution < 1.29 is 9.18 Å². The summed E-state index contributed by atoms with van der Waals surface area (Å²) in [7, 11) is 0. The second-order valence-corrected chi connectivity index (χ2v) is 7.18. The van der Waals surface area contributed by atoms with Crippen LogP contribution < -0.4 is 10.6 Å². The first-order chi connectivity index (χ1) is 10.7. The molecule has 2 heterocycles. The van der Waals surface area contributed by atoms with E-state index in [0.717, 1.165) is 36.8 Å². The second kappa shape index (κ2) is 5.65. The molecule has 3 aliphatic rings. The molecule has 1 aliphatic carbocycles. The molecule has 1 amide bonds. The van der Waals surface area contributed by atoms with Crippen LogP contribution >= 0.6 is 0 Å². The number of aryl methyl sites for hydroxylation is 1. The summed E-state index contributed by atoms with van der Waals surface area (Å²) < 4.78 is 13.2. The maximum Gasteiger partial charge on any atom is 0.220 e. The fourth-order valence-corrected chi connectivity index (χ4v) is 4.59. The molecule has 0 saturated carbocycles. The molecule has 4 rings (SSSR count). The zero-order chi connectivity index (χ0) is 15.1. The Morgan fingerprint density at radius 2 is 2.00 bits per heavy atom. The van der Waals surface area contributed by atoms with Crippen molar-refractivity contribution in [2.45, 2.75) is 63.1 Å². The van der Waals surface area contributed by atoms with Crippen LogP contribution in [0.3, 0.4) is 0 Å². The van der Waals surface area contributed by atoms with Crippen molar-refractivity contribution in [2.75, 3.05) is 0 Å². The van der Waals surface area contributed by atoms with Crippen LogP contribution in [0.5, 0.6) is 0 Å². The molecule has 4 heteroatoms. The normalized spacial score (nSPS) is 32.8. The molecule has 0 radical (unpaired) electrons. The van der Waals surface area contributed by atoms with Crippen molar-refractivity contribution in [3.8, 4) is 0 Å². The topological polar surface area (TPSA) is 41.1 Å². The van der Waals surface area contributed by atoms with Crippen LogP contribution in [0.2, 0.25) is 0 Å². The summed E-state index contributed by atoms with van der Waals surface area (Å²) in [5.74, 6) is 0.497. The molecule has 3 unspecified atom stereocenters. The Balaban J connectivity index is 1.35. The number of fused-ring (bicyclic) bond motifs is 3. The summed E-state index contributed by atoms with van der Waals surface area (Å²) in [6, 6.07) is 6.26. The van der Waals surface area contributed by atoms with Crippen LogP contribution in [0.25, 0.3) is 0 Å². The van der Waals surface area contributed by atoms with Gasteiger partial charge in [0.25, 0.3) is 0 Å². The predicted octanol–water partition coefficient (Wildman–Crippen LogP) is 2.85. The van der Waals surface area contributed by atoms with E-state index in [0.29, 0.717) is 24.4 Å². The van der Waals surface area contributed by atoms with Crippen molar-refractivity contribution >= 4 is 5.91 Å². The quantitative estimate of drug-likeness (QED) is 0.901. The van der Waals surface area contributed by atoms with E-state index in [1.54, 1.807) is 6.07 Å². The highest BCUT2D eigenvalue weighted by Crippen LogP contribution is 2.34. The number of halogens is 1. The summed E-state index contributed by atoms with van der Waals surface area (Å²) in [5.41, 5.74) is 2.14. The van der Waals surface area contributed by atoms with E-state index in [1.807, 2.05) is 6.07 Å². The molecule has 2 fully saturated rings. The fraction of sp³-hybridized carbons (Fsp3) is 0.611. The van der Waals surface area contributed by atoms with Gasteiger partial charge in [-0.15, -0.1) is 0 Å². The van der Waals surface area contributed by atoms with Gasteiger partial charge in [-0.2, -0.15) is 0 Å². The average molecular weight is 302 g/mol. The van der Waals surface area contributed by atoms with Crippen LogP contribution in [0, 0.1) is 11.7 Å². The van der Waals surface area contributed by atoms with Gasteiger partial charge in [-0.25, -0.2) is 4.39 Å². The Morgan fingerprint density at radius 3 is 2.77 bits per heavy atom. The van der Waals surface area contributed by atoms with Gasteiger partial charge in [-0.1, -0.05) is 6.07 Å². The number of rotatable bonds is 3. The van der Waals surface area contributed by atoms with Crippen molar-refractivity contribution in [3.05, 3.63) is 35.1 Å². The van der Waals surface area contributed by atoms with E-state index in [-0.39, 0.29) is 17.8 Å². The first-order valence-corrected chi connectivity index (χ1v) is 8.51. The Morgan fingerprint density at radius 1 is 1.23 bits per heavy atom. The molecule has 3 nitrogen and oxygen atoms in total. The molecule has 2 aliphatic heterocycles. The van der Waals surface area contributed by atoms with E-state index in [4.69, 9.17) is 0 Å². The molecule has 1 aromatic rings. The highest BCUT2D eigenvalue weighted by atomic mass is 19.1. The van der Waals surface area contributed by atoms with E-state index in [9.17, 15) is 9.18 Å². The van der Waals surface area contributed by atoms with Gasteiger partial charge in [0.05, 0.1) is 6.04 Å². The molecule has 0 aromatic heterocycles. The zero-order valence-electron chi connectivity index (χ0n) is 12.8. The van der Waals surface area contributed by atoms with Crippen LogP contribution in [-0.4, -0.2) is 18.0 Å². The van der Waals surface area contributed by atoms with Gasteiger partial charge in [0.15, 0.2) is 0 Å². The summed E-state index contributed by atoms with van der Waals surface area (Å²) in [4.78, 5) is 12.4. The number of carbonyl (C=O) groups is 1. The van der Waals surface area contributed by atoms with Gasteiger partial charge in [0.2, 0.25) is 5.91 Å². The fourth-order valence-electron chi connectivity index (χ4n) is 4.59. The largest absolute Gasteiger partial charge is 0.349 e. The lowest BCUT2D eigenvalue weighted by Crippen LogP contribution is -2.40. The third kappa shape index (κ3) is 2.76. The Bertz CT molecular complexity index is 576. The van der Waals surface area contributed by atoms with E-state index in [1.165, 1.54) is 18.9 Å². The van der Waals surface area contributed by atoms with E-state index in [2.05, 4.69) is 10.6 Å². The molecule has 22 heavy (non-hydrogen) atoms. The number of nitrogens with one attached hydrogen (secondary N) is 2. The minimum absolute atomic E-state index is 0.0709. The Kier molecular flexibility index (Phi) is 3.65. The van der Waals surface area contributed by atoms with Crippen LogP contribution in [0.15, 0.2) is 18.2 Å². The Hall–Kier alpha value is -1.42. The van der Waals surface area contributed by atoms with Gasteiger partial charge in [-0.05, 0) is 67.7 Å². The highest BCUT2D eigenvalue weighted by molar-refractivity contribution is 5.77. The molecular formula is C18H23FN2O. The first kappa shape index (κ1) is 14.2. The van der Waals surface area contributed by atoms with Crippen LogP contribution in [0.4, 0.5) is 4.39 Å². The van der Waals surface area contributed by atoms with Gasteiger partial charge < -0.3 is 10.6 Å². The monoisotopic (exact) mass is 302 g/mol. The van der Waals surface area contributed by atoms with Gasteiger partial charge >= 0.3 is 0 Å². The van der Waals surface area contributed by atoms with Gasteiger partial charge in [0, 0.05) is 18.5 Å². The zero-order valence-corrected chi connectivity index (χ0v) is 12.8. The third-order valence-electron chi connectivity index (χ3n) is 5.56. The number of carbonyl (C=O) groups excluding carboxylic acids is 1. The Labute approximate surface area is 130 Å². The molecular weight excluding hydrogens is 279 g/mol. The number of amides is 1. The van der Waals surface area contributed by atoms with Gasteiger partial charge in [-0.3, -0.25) is 4.79 Å². The third-order valence-corrected chi connectivity index (χ3v) is 5.56. The van der Waals surface area contributed by atoms with E-state index < -0.39 is 0 Å². The number of piperidine rings is 1. The van der Waals surface area contributed by atoms with Gasteiger partial charge in [0.1, 0.15) is 5.82 Å². The molecule has 0 spiro atoms. The smallest absolute Gasteiger partial charge is 0.220 e. The lowest BCUT2D eigenvalue weighted by molar-refractivity contribution is -0.123. The highest BCUT2D eigenvalue weighted by Gasteiger charge is 2.34. The van der Waals surface area contributed by atoms with E-state index >= 15 is 0 Å². The van der Waals surface area contributed by atoms with Crippen LogP contribution in [0.1, 0.15) is 55.7 Å². The number of benzene rings is 1. The lowest BCUT2D eigenvalue weighted by Gasteiger charge is -2.29. The number of hydrogen-bond acceptors (Lipinski definition) is 2. The van der Waals surface area contributed by atoms with Crippen molar-refractivity contribution in [1.29, 1.82) is 0 Å². The molecule has 2 bridgehead atoms.